The Balaban J connectivity index is 3.07. The highest BCUT2D eigenvalue weighted by atomic mass is 16.3. The van der Waals surface area contributed by atoms with Crippen molar-refractivity contribution in [2.75, 3.05) is 7.05 Å². The van der Waals surface area contributed by atoms with E-state index < -0.39 is 0 Å². The van der Waals surface area contributed by atoms with Gasteiger partial charge in [-0.15, -0.1) is 0 Å². The van der Waals surface area contributed by atoms with Crippen LogP contribution in [-0.4, -0.2) is 28.2 Å². The molecule has 0 amide bonds. The quantitative estimate of drug-likeness (QED) is 0.458. The minimum Gasteiger partial charge on any atom is -0.506 e. The highest BCUT2D eigenvalue weighted by molar-refractivity contribution is 5.76. The van der Waals surface area contributed by atoms with Crippen molar-refractivity contribution in [3.05, 3.63) is 48.0 Å². The third kappa shape index (κ3) is 3.18. The van der Waals surface area contributed by atoms with E-state index >= 15 is 0 Å². The molecule has 1 aromatic rings. The lowest BCUT2D eigenvalue weighted by Crippen LogP contribution is -2.08. The molecule has 0 spiro atoms. The van der Waals surface area contributed by atoms with Crippen LogP contribution in [0.25, 0.3) is 5.70 Å². The van der Waals surface area contributed by atoms with Crippen LogP contribution in [-0.2, 0) is 6.54 Å². The number of carbonyl (C=O) groups is 1. The highest BCUT2D eigenvalue weighted by Gasteiger charge is 2.11. The van der Waals surface area contributed by atoms with E-state index in [4.69, 9.17) is 0 Å². The lowest BCUT2D eigenvalue weighted by atomic mass is 10.3. The number of aliphatic hydroxyl groups excluding tert-OH is 1. The van der Waals surface area contributed by atoms with Crippen LogP contribution >= 0.6 is 0 Å². The third-order valence-corrected chi connectivity index (χ3v) is 2.26. The number of allylic oxidation sites excluding steroid dienone is 4. The molecular weight excluding hydrogens is 230 g/mol. The molecule has 1 rings (SSSR count). The molecule has 0 atom stereocenters. The maximum atomic E-state index is 10.9. The van der Waals surface area contributed by atoms with E-state index in [0.29, 0.717) is 24.2 Å². The molecule has 18 heavy (non-hydrogen) atoms. The van der Waals surface area contributed by atoms with Crippen molar-refractivity contribution in [1.29, 1.82) is 0 Å². The van der Waals surface area contributed by atoms with Crippen LogP contribution in [0.2, 0.25) is 0 Å². The van der Waals surface area contributed by atoms with E-state index in [9.17, 15) is 9.90 Å². The first-order chi connectivity index (χ1) is 8.63. The van der Waals surface area contributed by atoms with Crippen LogP contribution in [0.15, 0.2) is 36.6 Å². The van der Waals surface area contributed by atoms with Crippen LogP contribution in [0.4, 0.5) is 0 Å². The number of hydrogen-bond acceptors (Lipinski definition) is 4. The van der Waals surface area contributed by atoms with E-state index in [1.165, 1.54) is 10.8 Å². The first-order valence-corrected chi connectivity index (χ1v) is 5.54. The highest BCUT2D eigenvalue weighted by Crippen LogP contribution is 2.14. The molecule has 2 N–H and O–H groups in total. The molecule has 0 fully saturated rings. The van der Waals surface area contributed by atoms with Gasteiger partial charge in [0.25, 0.3) is 0 Å². The third-order valence-electron chi connectivity index (χ3n) is 2.26. The van der Waals surface area contributed by atoms with Gasteiger partial charge in [-0.2, -0.15) is 5.10 Å². The summed E-state index contributed by atoms with van der Waals surface area (Å²) in [5, 5.41) is 16.9. The molecule has 96 valence electrons. The second-order valence-electron chi connectivity index (χ2n) is 3.64. The molecule has 0 aliphatic carbocycles. The molecule has 0 aliphatic heterocycles. The molecule has 0 saturated carbocycles. The van der Waals surface area contributed by atoms with Gasteiger partial charge >= 0.3 is 0 Å². The van der Waals surface area contributed by atoms with Crippen LogP contribution in [0.5, 0.6) is 0 Å². The second-order valence-corrected chi connectivity index (χ2v) is 3.64. The van der Waals surface area contributed by atoms with Crippen molar-refractivity contribution in [3.8, 4) is 0 Å². The summed E-state index contributed by atoms with van der Waals surface area (Å²) < 4.78 is 1.33. The predicted octanol–water partition coefficient (Wildman–Crippen LogP) is 1.90. The number of nitrogens with zero attached hydrogens (tertiary/aromatic N) is 2. The normalized spacial score (nSPS) is 12.0. The maximum Gasteiger partial charge on any atom is 0.168 e. The van der Waals surface area contributed by atoms with Crippen molar-refractivity contribution in [3.63, 3.8) is 0 Å². The van der Waals surface area contributed by atoms with E-state index in [2.05, 4.69) is 17.0 Å². The number of aldehydes is 1. The van der Waals surface area contributed by atoms with Crippen molar-refractivity contribution < 1.29 is 9.90 Å². The van der Waals surface area contributed by atoms with E-state index in [0.717, 1.165) is 0 Å². The number of aromatic nitrogens is 2. The van der Waals surface area contributed by atoms with Gasteiger partial charge in [-0.25, -0.2) is 4.68 Å². The summed E-state index contributed by atoms with van der Waals surface area (Å²) in [5.41, 5.74) is 1.32. The number of nitrogens with one attached hydrogen (secondary N) is 1. The molecule has 5 nitrogen and oxygen atoms in total. The van der Waals surface area contributed by atoms with Crippen molar-refractivity contribution in [2.24, 2.45) is 0 Å². The Morgan fingerprint density at radius 3 is 2.94 bits per heavy atom. The summed E-state index contributed by atoms with van der Waals surface area (Å²) in [4.78, 5) is 10.9. The molecule has 1 aromatic heterocycles. The first-order valence-electron chi connectivity index (χ1n) is 5.54. The Kier molecular flexibility index (Phi) is 5.07. The van der Waals surface area contributed by atoms with Gasteiger partial charge in [0, 0.05) is 6.54 Å². The van der Waals surface area contributed by atoms with Gasteiger partial charge in [0.05, 0.1) is 11.4 Å². The first kappa shape index (κ1) is 13.9. The smallest absolute Gasteiger partial charge is 0.168 e. The second kappa shape index (κ2) is 6.56. The Labute approximate surface area is 106 Å². The summed E-state index contributed by atoms with van der Waals surface area (Å²) in [5.74, 6) is -0.0321. The van der Waals surface area contributed by atoms with E-state index in [1.54, 1.807) is 25.3 Å². The maximum absolute atomic E-state index is 10.9. The van der Waals surface area contributed by atoms with Gasteiger partial charge in [-0.1, -0.05) is 18.7 Å². The topological polar surface area (TPSA) is 67.2 Å². The monoisotopic (exact) mass is 247 g/mol. The van der Waals surface area contributed by atoms with Crippen LogP contribution in [0.3, 0.4) is 0 Å². The lowest BCUT2D eigenvalue weighted by Gasteiger charge is -2.05. The minimum absolute atomic E-state index is 0.0321. The minimum atomic E-state index is -0.0321. The SMILES string of the molecule is C=C(/C(O)=C\C=C/C)n1nc(CNC)cc1C=O. The summed E-state index contributed by atoms with van der Waals surface area (Å²) in [7, 11) is 1.79. The van der Waals surface area contributed by atoms with Crippen LogP contribution in [0, 0.1) is 0 Å². The Hall–Kier alpha value is -2.14. The fourth-order valence-electron chi connectivity index (χ4n) is 1.41. The number of rotatable bonds is 6. The summed E-state index contributed by atoms with van der Waals surface area (Å²) in [6.45, 7) is 6.11. The zero-order valence-electron chi connectivity index (χ0n) is 10.6. The average molecular weight is 247 g/mol. The predicted molar refractivity (Wildman–Crippen MR) is 71.2 cm³/mol. The van der Waals surface area contributed by atoms with Crippen molar-refractivity contribution >= 4 is 12.0 Å². The molecule has 1 heterocycles. The largest absolute Gasteiger partial charge is 0.506 e. The van der Waals surface area contributed by atoms with Gasteiger partial charge < -0.3 is 10.4 Å². The van der Waals surface area contributed by atoms with E-state index in [1.807, 2.05) is 6.92 Å². The molecule has 0 radical (unpaired) electrons. The molecule has 0 unspecified atom stereocenters. The Morgan fingerprint density at radius 2 is 2.39 bits per heavy atom. The molecule has 0 aliphatic rings. The van der Waals surface area contributed by atoms with Crippen LogP contribution < -0.4 is 5.32 Å². The molecule has 5 heteroatoms. The average Bonchev–Trinajstić information content (AvgIpc) is 2.78. The molecular formula is C13H17N3O2. The van der Waals surface area contributed by atoms with Gasteiger partial charge in [0.2, 0.25) is 0 Å². The van der Waals surface area contributed by atoms with Crippen LogP contribution in [0.1, 0.15) is 23.1 Å². The number of aliphatic hydroxyl groups is 1. The summed E-state index contributed by atoms with van der Waals surface area (Å²) in [6, 6.07) is 1.65. The fraction of sp³-hybridized carbons (Fsp3) is 0.231. The zero-order chi connectivity index (χ0) is 13.5. The molecule has 0 saturated heterocycles. The Morgan fingerprint density at radius 1 is 1.67 bits per heavy atom. The van der Waals surface area contributed by atoms with Gasteiger partial charge in [-0.3, -0.25) is 4.79 Å². The van der Waals surface area contributed by atoms with Gasteiger partial charge in [-0.05, 0) is 26.1 Å². The van der Waals surface area contributed by atoms with Gasteiger partial charge in [0.15, 0.2) is 6.29 Å². The van der Waals surface area contributed by atoms with Crippen molar-refractivity contribution in [1.82, 2.24) is 15.1 Å². The molecule has 0 aromatic carbocycles. The zero-order valence-corrected chi connectivity index (χ0v) is 10.6. The fourth-order valence-corrected chi connectivity index (χ4v) is 1.41. The summed E-state index contributed by atoms with van der Waals surface area (Å²) >= 11 is 0. The summed E-state index contributed by atoms with van der Waals surface area (Å²) in [6.07, 6.45) is 5.63. The standard InChI is InChI=1S/C13H17N3O2/c1-4-5-6-13(18)10(2)16-12(9-17)7-11(15-16)8-14-3/h4-7,9,14,18H,2,8H2,1,3H3/b5-4-,13-6+. The molecule has 0 bridgehead atoms. The van der Waals surface area contributed by atoms with E-state index in [-0.39, 0.29) is 11.5 Å². The van der Waals surface area contributed by atoms with Crippen molar-refractivity contribution in [2.45, 2.75) is 13.5 Å². The lowest BCUT2D eigenvalue weighted by molar-refractivity contribution is 0.111. The van der Waals surface area contributed by atoms with Gasteiger partial charge in [0.1, 0.15) is 11.5 Å². The number of carbonyl (C=O) groups excluding carboxylic acids is 1. The Bertz CT molecular complexity index is 498. The number of hydrogen-bond donors (Lipinski definition) is 2.